The molecule has 1 aliphatic rings. The first-order valence-corrected chi connectivity index (χ1v) is 10.0. The van der Waals surface area contributed by atoms with Crippen molar-refractivity contribution < 1.29 is 14.2 Å². The standard InChI is InChI=1S/C20H32ClN3O3/c1-4-22-20(24-9-8-17(14-24)15-26-11-10-25-3)23-13-16(2)27-19-7-5-6-18(21)12-19/h5-7,12,16-17H,4,8-11,13-15H2,1-3H3,(H,22,23). The number of halogens is 1. The second-order valence-electron chi connectivity index (χ2n) is 6.75. The van der Waals surface area contributed by atoms with Gasteiger partial charge in [-0.1, -0.05) is 17.7 Å². The van der Waals surface area contributed by atoms with E-state index in [-0.39, 0.29) is 6.10 Å². The minimum atomic E-state index is -0.0344. The second-order valence-corrected chi connectivity index (χ2v) is 7.19. The molecule has 2 atom stereocenters. The lowest BCUT2D eigenvalue weighted by molar-refractivity contribution is 0.0536. The van der Waals surface area contributed by atoms with Crippen molar-refractivity contribution in [2.45, 2.75) is 26.4 Å². The molecule has 1 aromatic rings. The van der Waals surface area contributed by atoms with Gasteiger partial charge in [-0.05, 0) is 38.5 Å². The molecule has 1 N–H and O–H groups in total. The number of benzene rings is 1. The van der Waals surface area contributed by atoms with Crippen LogP contribution in [0, 0.1) is 5.92 Å². The summed E-state index contributed by atoms with van der Waals surface area (Å²) in [4.78, 5) is 7.08. The first kappa shape index (κ1) is 21.8. The normalized spacial score (nSPS) is 18.6. The van der Waals surface area contributed by atoms with Gasteiger partial charge < -0.3 is 24.4 Å². The molecule has 2 unspecified atom stereocenters. The summed E-state index contributed by atoms with van der Waals surface area (Å²) in [5.74, 6) is 2.24. The van der Waals surface area contributed by atoms with Gasteiger partial charge in [-0.25, -0.2) is 4.99 Å². The topological polar surface area (TPSA) is 55.3 Å². The molecule has 0 radical (unpaired) electrons. The molecule has 1 aliphatic heterocycles. The van der Waals surface area contributed by atoms with Crippen molar-refractivity contribution in [3.05, 3.63) is 29.3 Å². The number of ether oxygens (including phenoxy) is 3. The van der Waals surface area contributed by atoms with E-state index in [9.17, 15) is 0 Å². The van der Waals surface area contributed by atoms with Crippen molar-refractivity contribution >= 4 is 17.6 Å². The van der Waals surface area contributed by atoms with Gasteiger partial charge >= 0.3 is 0 Å². The Bertz CT molecular complexity index is 585. The van der Waals surface area contributed by atoms with Gasteiger partial charge in [0.1, 0.15) is 11.9 Å². The Hall–Kier alpha value is -1.50. The van der Waals surface area contributed by atoms with E-state index in [1.807, 2.05) is 31.2 Å². The van der Waals surface area contributed by atoms with Crippen LogP contribution in [0.4, 0.5) is 0 Å². The van der Waals surface area contributed by atoms with Crippen LogP contribution in [-0.2, 0) is 9.47 Å². The summed E-state index contributed by atoms with van der Waals surface area (Å²) in [6, 6.07) is 7.45. The summed E-state index contributed by atoms with van der Waals surface area (Å²) in [7, 11) is 1.69. The highest BCUT2D eigenvalue weighted by molar-refractivity contribution is 6.30. The summed E-state index contributed by atoms with van der Waals surface area (Å²) in [5.41, 5.74) is 0. The average molecular weight is 398 g/mol. The largest absolute Gasteiger partial charge is 0.489 e. The molecule has 0 spiro atoms. The van der Waals surface area contributed by atoms with Crippen LogP contribution in [0.2, 0.25) is 5.02 Å². The maximum Gasteiger partial charge on any atom is 0.194 e. The molecule has 0 saturated carbocycles. The third kappa shape index (κ3) is 7.95. The van der Waals surface area contributed by atoms with Crippen LogP contribution in [0.1, 0.15) is 20.3 Å². The zero-order chi connectivity index (χ0) is 19.5. The van der Waals surface area contributed by atoms with E-state index in [4.69, 9.17) is 30.8 Å². The third-order valence-electron chi connectivity index (χ3n) is 4.34. The van der Waals surface area contributed by atoms with Crippen molar-refractivity contribution in [1.82, 2.24) is 10.2 Å². The number of hydrogen-bond acceptors (Lipinski definition) is 4. The zero-order valence-corrected chi connectivity index (χ0v) is 17.4. The molecule has 0 bridgehead atoms. The molecule has 1 heterocycles. The molecular weight excluding hydrogens is 366 g/mol. The zero-order valence-electron chi connectivity index (χ0n) is 16.6. The average Bonchev–Trinajstić information content (AvgIpc) is 3.11. The van der Waals surface area contributed by atoms with Crippen LogP contribution < -0.4 is 10.1 Å². The van der Waals surface area contributed by atoms with Crippen molar-refractivity contribution in [3.8, 4) is 5.75 Å². The number of likely N-dealkylation sites (tertiary alicyclic amines) is 1. The fourth-order valence-corrected chi connectivity index (χ4v) is 3.18. The summed E-state index contributed by atoms with van der Waals surface area (Å²) in [6.07, 6.45) is 1.08. The minimum Gasteiger partial charge on any atom is -0.489 e. The van der Waals surface area contributed by atoms with Crippen molar-refractivity contribution in [2.24, 2.45) is 10.9 Å². The molecule has 0 aliphatic carbocycles. The van der Waals surface area contributed by atoms with Crippen molar-refractivity contribution in [1.29, 1.82) is 0 Å². The minimum absolute atomic E-state index is 0.0344. The molecule has 6 nitrogen and oxygen atoms in total. The number of hydrogen-bond donors (Lipinski definition) is 1. The predicted molar refractivity (Wildman–Crippen MR) is 110 cm³/mol. The smallest absolute Gasteiger partial charge is 0.194 e. The molecule has 1 aromatic carbocycles. The van der Waals surface area contributed by atoms with Gasteiger partial charge in [0, 0.05) is 37.7 Å². The van der Waals surface area contributed by atoms with Crippen molar-refractivity contribution in [3.63, 3.8) is 0 Å². The van der Waals surface area contributed by atoms with Gasteiger partial charge in [-0.2, -0.15) is 0 Å². The number of methoxy groups -OCH3 is 1. The third-order valence-corrected chi connectivity index (χ3v) is 4.57. The lowest BCUT2D eigenvalue weighted by Crippen LogP contribution is -2.41. The summed E-state index contributed by atoms with van der Waals surface area (Å²) >= 11 is 6.01. The molecule has 1 saturated heterocycles. The van der Waals surface area contributed by atoms with Crippen LogP contribution in [-0.4, -0.2) is 70.1 Å². The molecule has 27 heavy (non-hydrogen) atoms. The lowest BCUT2D eigenvalue weighted by atomic mass is 10.1. The SMILES string of the molecule is CCNC(=NCC(C)Oc1cccc(Cl)c1)N1CCC(COCCOC)C1. The lowest BCUT2D eigenvalue weighted by Gasteiger charge is -2.22. The van der Waals surface area contributed by atoms with E-state index < -0.39 is 0 Å². The molecule has 0 amide bonds. The highest BCUT2D eigenvalue weighted by Crippen LogP contribution is 2.19. The Morgan fingerprint density at radius 3 is 3.00 bits per heavy atom. The number of nitrogens with zero attached hydrogens (tertiary/aromatic N) is 2. The first-order chi connectivity index (χ1) is 13.1. The van der Waals surface area contributed by atoms with Gasteiger partial charge in [0.05, 0.1) is 26.4 Å². The van der Waals surface area contributed by atoms with Gasteiger partial charge in [0.2, 0.25) is 0 Å². The Balaban J connectivity index is 1.82. The van der Waals surface area contributed by atoms with Gasteiger partial charge in [0.25, 0.3) is 0 Å². The Morgan fingerprint density at radius 1 is 1.41 bits per heavy atom. The number of guanidine groups is 1. The van der Waals surface area contributed by atoms with Gasteiger partial charge in [-0.15, -0.1) is 0 Å². The van der Waals surface area contributed by atoms with Crippen LogP contribution in [0.5, 0.6) is 5.75 Å². The van der Waals surface area contributed by atoms with E-state index >= 15 is 0 Å². The predicted octanol–water partition coefficient (Wildman–Crippen LogP) is 3.06. The molecule has 1 fully saturated rings. The molecular formula is C20H32ClN3O3. The first-order valence-electron chi connectivity index (χ1n) is 9.64. The fourth-order valence-electron chi connectivity index (χ4n) is 3.00. The Labute approximate surface area is 167 Å². The van der Waals surface area contributed by atoms with E-state index in [0.29, 0.717) is 30.7 Å². The summed E-state index contributed by atoms with van der Waals surface area (Å²) in [5, 5.41) is 4.06. The van der Waals surface area contributed by atoms with Gasteiger partial charge in [0.15, 0.2) is 5.96 Å². The maximum atomic E-state index is 6.01. The number of aliphatic imine (C=N–C) groups is 1. The van der Waals surface area contributed by atoms with Crippen LogP contribution in [0.3, 0.4) is 0 Å². The molecule has 0 aromatic heterocycles. The van der Waals surface area contributed by atoms with Crippen LogP contribution in [0.15, 0.2) is 29.3 Å². The molecule has 2 rings (SSSR count). The number of nitrogens with one attached hydrogen (secondary N) is 1. The molecule has 7 heteroatoms. The summed E-state index contributed by atoms with van der Waals surface area (Å²) < 4.78 is 16.6. The monoisotopic (exact) mass is 397 g/mol. The van der Waals surface area contributed by atoms with Crippen LogP contribution in [0.25, 0.3) is 0 Å². The fraction of sp³-hybridized carbons (Fsp3) is 0.650. The second kappa shape index (κ2) is 12.1. The highest BCUT2D eigenvalue weighted by Gasteiger charge is 2.25. The summed E-state index contributed by atoms with van der Waals surface area (Å²) in [6.45, 7) is 9.55. The van der Waals surface area contributed by atoms with E-state index in [0.717, 1.165) is 44.4 Å². The Kier molecular flexibility index (Phi) is 9.73. The van der Waals surface area contributed by atoms with Crippen LogP contribution >= 0.6 is 11.6 Å². The van der Waals surface area contributed by atoms with Gasteiger partial charge in [-0.3, -0.25) is 0 Å². The highest BCUT2D eigenvalue weighted by atomic mass is 35.5. The van der Waals surface area contributed by atoms with E-state index in [1.54, 1.807) is 7.11 Å². The quantitative estimate of drug-likeness (QED) is 0.373. The van der Waals surface area contributed by atoms with E-state index in [2.05, 4.69) is 17.1 Å². The molecule has 152 valence electrons. The maximum absolute atomic E-state index is 6.01. The number of rotatable bonds is 10. The Morgan fingerprint density at radius 2 is 2.26 bits per heavy atom. The van der Waals surface area contributed by atoms with Crippen molar-refractivity contribution in [2.75, 3.05) is 53.1 Å². The van der Waals surface area contributed by atoms with E-state index in [1.165, 1.54) is 0 Å².